The van der Waals surface area contributed by atoms with Gasteiger partial charge in [0.25, 0.3) is 0 Å². The minimum absolute atomic E-state index is 0.396. The van der Waals surface area contributed by atoms with E-state index in [1.807, 2.05) is 11.8 Å². The van der Waals surface area contributed by atoms with Gasteiger partial charge in [-0.3, -0.25) is 0 Å². The standard InChI is InChI=1S/C13H19BrS/c1-11-6-4-5-7-12(11)8-15-10-13(2,3)9-14/h4-7H,8-10H2,1-3H3. The first-order valence-electron chi connectivity index (χ1n) is 5.23. The van der Waals surface area contributed by atoms with E-state index in [1.54, 1.807) is 0 Å². The zero-order valence-corrected chi connectivity index (χ0v) is 12.1. The third-order valence-electron chi connectivity index (χ3n) is 2.37. The third-order valence-corrected chi connectivity index (χ3v) is 5.39. The Hall–Kier alpha value is 0.0500. The highest BCUT2D eigenvalue weighted by molar-refractivity contribution is 9.09. The lowest BCUT2D eigenvalue weighted by atomic mass is 10.0. The molecule has 0 atom stereocenters. The Morgan fingerprint density at radius 2 is 1.93 bits per heavy atom. The summed E-state index contributed by atoms with van der Waals surface area (Å²) in [7, 11) is 0. The van der Waals surface area contributed by atoms with Gasteiger partial charge in [-0.15, -0.1) is 0 Å². The van der Waals surface area contributed by atoms with Gasteiger partial charge in [-0.05, 0) is 29.2 Å². The fourth-order valence-corrected chi connectivity index (χ4v) is 3.01. The quantitative estimate of drug-likeness (QED) is 0.710. The van der Waals surface area contributed by atoms with E-state index < -0.39 is 0 Å². The summed E-state index contributed by atoms with van der Waals surface area (Å²) in [4.78, 5) is 0. The van der Waals surface area contributed by atoms with Gasteiger partial charge in [-0.25, -0.2) is 0 Å². The molecule has 0 fully saturated rings. The molecule has 0 heterocycles. The largest absolute Gasteiger partial charge is 0.157 e. The lowest BCUT2D eigenvalue weighted by Gasteiger charge is -2.20. The van der Waals surface area contributed by atoms with Crippen LogP contribution in [0.25, 0.3) is 0 Å². The Labute approximate surface area is 106 Å². The van der Waals surface area contributed by atoms with E-state index in [2.05, 4.69) is 61.0 Å². The highest BCUT2D eigenvalue weighted by Crippen LogP contribution is 2.26. The second kappa shape index (κ2) is 5.95. The number of thioether (sulfide) groups is 1. The summed E-state index contributed by atoms with van der Waals surface area (Å²) in [6.07, 6.45) is 0. The SMILES string of the molecule is Cc1ccccc1CSCC(C)(C)CBr. The van der Waals surface area contributed by atoms with Gasteiger partial charge in [0.05, 0.1) is 0 Å². The maximum absolute atomic E-state index is 3.56. The molecule has 0 spiro atoms. The van der Waals surface area contributed by atoms with E-state index in [0.717, 1.165) is 11.1 Å². The van der Waals surface area contributed by atoms with Crippen LogP contribution in [0, 0.1) is 12.3 Å². The molecule has 0 bridgehead atoms. The van der Waals surface area contributed by atoms with Gasteiger partial charge in [0.1, 0.15) is 0 Å². The van der Waals surface area contributed by atoms with E-state index in [1.165, 1.54) is 16.9 Å². The third kappa shape index (κ3) is 4.60. The Morgan fingerprint density at radius 3 is 2.53 bits per heavy atom. The van der Waals surface area contributed by atoms with Crippen molar-refractivity contribution in [2.75, 3.05) is 11.1 Å². The zero-order chi connectivity index (χ0) is 11.3. The lowest BCUT2D eigenvalue weighted by Crippen LogP contribution is -2.16. The summed E-state index contributed by atoms with van der Waals surface area (Å²) in [5, 5.41) is 1.07. The molecule has 2 heteroatoms. The highest BCUT2D eigenvalue weighted by Gasteiger charge is 2.15. The second-order valence-corrected chi connectivity index (χ2v) is 6.26. The van der Waals surface area contributed by atoms with Gasteiger partial charge < -0.3 is 0 Å². The Balaban J connectivity index is 2.42. The summed E-state index contributed by atoms with van der Waals surface area (Å²) in [6, 6.07) is 8.64. The maximum Gasteiger partial charge on any atom is 0.0187 e. The zero-order valence-electron chi connectivity index (χ0n) is 9.72. The first-order chi connectivity index (χ1) is 7.05. The topological polar surface area (TPSA) is 0 Å². The molecule has 0 aromatic heterocycles. The van der Waals surface area contributed by atoms with Crippen molar-refractivity contribution in [2.24, 2.45) is 5.41 Å². The van der Waals surface area contributed by atoms with Crippen LogP contribution < -0.4 is 0 Å². The van der Waals surface area contributed by atoms with Crippen LogP contribution >= 0.6 is 27.7 Å². The average molecular weight is 287 g/mol. The van der Waals surface area contributed by atoms with Crippen molar-refractivity contribution in [1.82, 2.24) is 0 Å². The van der Waals surface area contributed by atoms with Crippen molar-refractivity contribution >= 4 is 27.7 Å². The number of rotatable bonds is 5. The molecule has 0 amide bonds. The number of halogens is 1. The highest BCUT2D eigenvalue weighted by atomic mass is 79.9. The molecule has 1 rings (SSSR count). The molecule has 0 aliphatic carbocycles. The summed E-state index contributed by atoms with van der Waals surface area (Å²) in [5.41, 5.74) is 3.27. The monoisotopic (exact) mass is 286 g/mol. The van der Waals surface area contributed by atoms with E-state index >= 15 is 0 Å². The van der Waals surface area contributed by atoms with Crippen molar-refractivity contribution in [2.45, 2.75) is 26.5 Å². The summed E-state index contributed by atoms with van der Waals surface area (Å²) < 4.78 is 0. The predicted octanol–water partition coefficient (Wildman–Crippen LogP) is 4.65. The number of alkyl halides is 1. The summed E-state index contributed by atoms with van der Waals surface area (Å²) >= 11 is 5.58. The molecule has 0 unspecified atom stereocenters. The average Bonchev–Trinajstić information content (AvgIpc) is 2.21. The molecule has 0 saturated heterocycles. The van der Waals surface area contributed by atoms with Crippen molar-refractivity contribution in [1.29, 1.82) is 0 Å². The fraction of sp³-hybridized carbons (Fsp3) is 0.538. The Kier molecular flexibility index (Phi) is 5.20. The minimum atomic E-state index is 0.396. The molecule has 1 aromatic carbocycles. The van der Waals surface area contributed by atoms with Gasteiger partial charge >= 0.3 is 0 Å². The van der Waals surface area contributed by atoms with Crippen LogP contribution in [-0.4, -0.2) is 11.1 Å². The summed E-state index contributed by atoms with van der Waals surface area (Å²) in [6.45, 7) is 6.78. The molecule has 0 aliphatic heterocycles. The van der Waals surface area contributed by atoms with Crippen molar-refractivity contribution in [3.8, 4) is 0 Å². The van der Waals surface area contributed by atoms with Crippen molar-refractivity contribution in [3.05, 3.63) is 35.4 Å². The Bertz CT molecular complexity index is 307. The first kappa shape index (κ1) is 13.1. The van der Waals surface area contributed by atoms with Crippen LogP contribution in [0.1, 0.15) is 25.0 Å². The molecule has 84 valence electrons. The molecule has 0 nitrogen and oxygen atoms in total. The van der Waals surface area contributed by atoms with E-state index in [9.17, 15) is 0 Å². The number of aryl methyl sites for hydroxylation is 1. The molecular formula is C13H19BrS. The van der Waals surface area contributed by atoms with Gasteiger partial charge in [-0.1, -0.05) is 54.0 Å². The van der Waals surface area contributed by atoms with E-state index in [0.29, 0.717) is 5.41 Å². The first-order valence-corrected chi connectivity index (χ1v) is 7.51. The molecule has 1 aromatic rings. The Morgan fingerprint density at radius 1 is 1.27 bits per heavy atom. The summed E-state index contributed by atoms with van der Waals surface area (Å²) in [5.74, 6) is 2.33. The molecule has 0 saturated carbocycles. The lowest BCUT2D eigenvalue weighted by molar-refractivity contribution is 0.496. The fourth-order valence-electron chi connectivity index (χ4n) is 1.25. The van der Waals surface area contributed by atoms with Crippen LogP contribution in [0.4, 0.5) is 0 Å². The number of hydrogen-bond donors (Lipinski definition) is 0. The molecule has 0 aliphatic rings. The predicted molar refractivity (Wildman–Crippen MR) is 74.9 cm³/mol. The minimum Gasteiger partial charge on any atom is -0.157 e. The maximum atomic E-state index is 3.56. The van der Waals surface area contributed by atoms with Gasteiger partial charge in [0, 0.05) is 11.1 Å². The van der Waals surface area contributed by atoms with Crippen molar-refractivity contribution in [3.63, 3.8) is 0 Å². The van der Waals surface area contributed by atoms with E-state index in [-0.39, 0.29) is 0 Å². The smallest absolute Gasteiger partial charge is 0.0187 e. The van der Waals surface area contributed by atoms with Gasteiger partial charge in [0.15, 0.2) is 0 Å². The van der Waals surface area contributed by atoms with Gasteiger partial charge in [0.2, 0.25) is 0 Å². The molecular weight excluding hydrogens is 268 g/mol. The molecule has 0 N–H and O–H groups in total. The number of benzene rings is 1. The molecule has 15 heavy (non-hydrogen) atoms. The van der Waals surface area contributed by atoms with Crippen LogP contribution in [0.15, 0.2) is 24.3 Å². The normalized spacial score (nSPS) is 11.7. The van der Waals surface area contributed by atoms with Gasteiger partial charge in [-0.2, -0.15) is 11.8 Å². The second-order valence-electron chi connectivity index (χ2n) is 4.72. The van der Waals surface area contributed by atoms with E-state index in [4.69, 9.17) is 0 Å². The number of hydrogen-bond acceptors (Lipinski definition) is 1. The van der Waals surface area contributed by atoms with Crippen LogP contribution in [-0.2, 0) is 5.75 Å². The van der Waals surface area contributed by atoms with Crippen molar-refractivity contribution < 1.29 is 0 Å². The van der Waals surface area contributed by atoms with Crippen LogP contribution in [0.5, 0.6) is 0 Å². The van der Waals surface area contributed by atoms with Crippen LogP contribution in [0.2, 0.25) is 0 Å². The van der Waals surface area contributed by atoms with Crippen LogP contribution in [0.3, 0.4) is 0 Å². The molecule has 0 radical (unpaired) electrons.